The molecule has 0 saturated carbocycles. The van der Waals surface area contributed by atoms with Crippen molar-refractivity contribution in [3.63, 3.8) is 0 Å². The van der Waals surface area contributed by atoms with Crippen molar-refractivity contribution in [1.29, 1.82) is 0 Å². The number of aromatic nitrogens is 1. The normalized spacial score (nSPS) is 11.2. The quantitative estimate of drug-likeness (QED) is 0.787. The van der Waals surface area contributed by atoms with Crippen LogP contribution in [-0.2, 0) is 21.2 Å². The first kappa shape index (κ1) is 17.4. The highest BCUT2D eigenvalue weighted by atomic mass is 32.2. The Hall–Kier alpha value is -1.97. The molecule has 7 nitrogen and oxygen atoms in total. The molecule has 2 N–H and O–H groups in total. The van der Waals surface area contributed by atoms with Crippen molar-refractivity contribution >= 4 is 32.4 Å². The van der Waals surface area contributed by atoms with Crippen molar-refractivity contribution in [2.45, 2.75) is 17.6 Å². The monoisotopic (exact) mass is 355 g/mol. The van der Waals surface area contributed by atoms with Gasteiger partial charge in [0.05, 0.1) is 13.3 Å². The van der Waals surface area contributed by atoms with Crippen molar-refractivity contribution in [2.24, 2.45) is 0 Å². The smallest absolute Gasteiger partial charge is 0.251 e. The maximum absolute atomic E-state index is 12.2. The number of sulfonamides is 1. The molecule has 23 heavy (non-hydrogen) atoms. The number of anilines is 1. The van der Waals surface area contributed by atoms with E-state index < -0.39 is 10.0 Å². The summed E-state index contributed by atoms with van der Waals surface area (Å²) < 4.78 is 32.0. The first-order valence-corrected chi connectivity index (χ1v) is 9.06. The van der Waals surface area contributed by atoms with Crippen LogP contribution in [0.25, 0.3) is 0 Å². The van der Waals surface area contributed by atoms with Gasteiger partial charge in [0.25, 0.3) is 10.0 Å². The summed E-state index contributed by atoms with van der Waals surface area (Å²) in [5, 5.41) is 2.71. The summed E-state index contributed by atoms with van der Waals surface area (Å²) in [4.78, 5) is 14.8. The number of hydrogen-bond acceptors (Lipinski definition) is 6. The molecule has 0 radical (unpaired) electrons. The molecule has 1 aromatic heterocycles. The molecule has 1 heterocycles. The van der Waals surface area contributed by atoms with Gasteiger partial charge in [-0.15, -0.1) is 0 Å². The molecule has 0 aliphatic heterocycles. The number of ether oxygens (including phenoxy) is 1. The average Bonchev–Trinajstić information content (AvgIpc) is 2.96. The largest absolute Gasteiger partial charge is 0.497 e. The molecule has 0 unspecified atom stereocenters. The number of benzene rings is 1. The van der Waals surface area contributed by atoms with Crippen LogP contribution in [0, 0.1) is 0 Å². The number of nitrogens with one attached hydrogen (secondary N) is 2. The Bertz CT molecular complexity index is 787. The zero-order chi connectivity index (χ0) is 16.9. The van der Waals surface area contributed by atoms with Crippen LogP contribution in [-0.4, -0.2) is 33.0 Å². The lowest BCUT2D eigenvalue weighted by atomic mass is 10.1. The molecule has 124 valence electrons. The lowest BCUT2D eigenvalue weighted by Crippen LogP contribution is -2.25. The molecule has 1 aromatic carbocycles. The summed E-state index contributed by atoms with van der Waals surface area (Å²) in [6.45, 7) is 1.59. The average molecular weight is 355 g/mol. The molecule has 0 bridgehead atoms. The van der Waals surface area contributed by atoms with E-state index in [4.69, 9.17) is 4.74 Å². The Balaban J connectivity index is 1.95. The van der Waals surface area contributed by atoms with E-state index in [0.717, 1.165) is 22.6 Å². The van der Waals surface area contributed by atoms with Gasteiger partial charge in [-0.2, -0.15) is 0 Å². The van der Waals surface area contributed by atoms with Crippen molar-refractivity contribution < 1.29 is 17.9 Å². The van der Waals surface area contributed by atoms with E-state index in [1.165, 1.54) is 13.1 Å². The fraction of sp³-hybridized carbons (Fsp3) is 0.286. The first-order chi connectivity index (χ1) is 10.9. The third-order valence-electron chi connectivity index (χ3n) is 2.87. The second-order valence-corrected chi connectivity index (χ2v) is 7.69. The van der Waals surface area contributed by atoms with Crippen LogP contribution in [0.5, 0.6) is 5.75 Å². The van der Waals surface area contributed by atoms with Gasteiger partial charge in [-0.05, 0) is 24.1 Å². The third-order valence-corrected chi connectivity index (χ3v) is 5.71. The molecular formula is C14H17N3O4S2. The molecule has 0 atom stereocenters. The predicted octanol–water partition coefficient (Wildman–Crippen LogP) is 1.63. The van der Waals surface area contributed by atoms with Gasteiger partial charge in [-0.1, -0.05) is 23.5 Å². The van der Waals surface area contributed by atoms with Crippen molar-refractivity contribution in [1.82, 2.24) is 9.71 Å². The molecule has 9 heteroatoms. The fourth-order valence-corrected chi connectivity index (χ4v) is 3.97. The number of rotatable bonds is 7. The van der Waals surface area contributed by atoms with Crippen LogP contribution in [0.2, 0.25) is 0 Å². The summed E-state index contributed by atoms with van der Waals surface area (Å²) in [6, 6.07) is 7.44. The first-order valence-electron chi connectivity index (χ1n) is 6.77. The highest BCUT2D eigenvalue weighted by molar-refractivity contribution is 7.91. The van der Waals surface area contributed by atoms with Crippen LogP contribution >= 0.6 is 11.3 Å². The third kappa shape index (κ3) is 5.02. The second kappa shape index (κ2) is 7.53. The summed E-state index contributed by atoms with van der Waals surface area (Å²) in [5.74, 6) is 0.432. The van der Waals surface area contributed by atoms with Crippen molar-refractivity contribution in [3.8, 4) is 5.75 Å². The molecular weight excluding hydrogens is 338 g/mol. The van der Waals surface area contributed by atoms with Crippen LogP contribution in [0.3, 0.4) is 0 Å². The second-order valence-electron chi connectivity index (χ2n) is 4.66. The summed E-state index contributed by atoms with van der Waals surface area (Å²) in [7, 11) is -2.06. The van der Waals surface area contributed by atoms with E-state index in [9.17, 15) is 13.2 Å². The van der Waals surface area contributed by atoms with Gasteiger partial charge >= 0.3 is 0 Å². The van der Waals surface area contributed by atoms with Gasteiger partial charge in [-0.25, -0.2) is 18.1 Å². The molecule has 0 aliphatic rings. The number of hydrogen-bond donors (Lipinski definition) is 2. The van der Waals surface area contributed by atoms with Gasteiger partial charge in [0.2, 0.25) is 5.91 Å². The van der Waals surface area contributed by atoms with Gasteiger partial charge < -0.3 is 10.1 Å². The Labute approximate surface area is 138 Å². The Kier molecular flexibility index (Phi) is 5.69. The van der Waals surface area contributed by atoms with Crippen LogP contribution in [0.15, 0.2) is 34.7 Å². The molecule has 2 aromatic rings. The van der Waals surface area contributed by atoms with Crippen LogP contribution < -0.4 is 14.8 Å². The zero-order valence-corrected chi connectivity index (χ0v) is 14.3. The molecule has 0 spiro atoms. The summed E-state index contributed by atoms with van der Waals surface area (Å²) >= 11 is 0.907. The maximum atomic E-state index is 12.2. The van der Waals surface area contributed by atoms with Crippen molar-refractivity contribution in [2.75, 3.05) is 19.0 Å². The van der Waals surface area contributed by atoms with Gasteiger partial charge in [0, 0.05) is 13.5 Å². The summed E-state index contributed by atoms with van der Waals surface area (Å²) in [6.07, 6.45) is 1.76. The number of thiazole rings is 1. The summed E-state index contributed by atoms with van der Waals surface area (Å²) in [5.41, 5.74) is 0.968. The van der Waals surface area contributed by atoms with Gasteiger partial charge in [0.15, 0.2) is 9.34 Å². The van der Waals surface area contributed by atoms with E-state index in [1.807, 2.05) is 24.3 Å². The van der Waals surface area contributed by atoms with E-state index in [2.05, 4.69) is 15.0 Å². The molecule has 1 amide bonds. The Morgan fingerprint density at radius 3 is 2.87 bits per heavy atom. The lowest BCUT2D eigenvalue weighted by Gasteiger charge is -2.06. The van der Waals surface area contributed by atoms with E-state index in [-0.39, 0.29) is 21.8 Å². The minimum absolute atomic E-state index is 0.0619. The number of carbonyl (C=O) groups is 1. The van der Waals surface area contributed by atoms with Crippen molar-refractivity contribution in [3.05, 3.63) is 36.0 Å². The number of methoxy groups -OCH3 is 1. The standard InChI is InChI=1S/C14H17N3O4S2/c1-10(18)17-14-15-9-13(22-14)23(19,20)16-7-6-11-4-3-5-12(8-11)21-2/h3-5,8-9,16H,6-7H2,1-2H3,(H,15,17,18). The number of nitrogens with zero attached hydrogens (tertiary/aromatic N) is 1. The molecule has 0 aliphatic carbocycles. The topological polar surface area (TPSA) is 97.4 Å². The van der Waals surface area contributed by atoms with Crippen LogP contribution in [0.1, 0.15) is 12.5 Å². The molecule has 0 fully saturated rings. The predicted molar refractivity (Wildman–Crippen MR) is 88.3 cm³/mol. The lowest BCUT2D eigenvalue weighted by molar-refractivity contribution is -0.114. The maximum Gasteiger partial charge on any atom is 0.251 e. The Morgan fingerprint density at radius 1 is 1.39 bits per heavy atom. The minimum atomic E-state index is -3.64. The minimum Gasteiger partial charge on any atom is -0.497 e. The number of carbonyl (C=O) groups excluding carboxylic acids is 1. The van der Waals surface area contributed by atoms with Gasteiger partial charge in [0.1, 0.15) is 5.75 Å². The van der Waals surface area contributed by atoms with E-state index in [1.54, 1.807) is 7.11 Å². The number of amides is 1. The SMILES string of the molecule is COc1cccc(CCNS(=O)(=O)c2cnc(NC(C)=O)s2)c1. The highest BCUT2D eigenvalue weighted by Crippen LogP contribution is 2.22. The molecule has 2 rings (SSSR count). The van der Waals surface area contributed by atoms with Gasteiger partial charge in [-0.3, -0.25) is 4.79 Å². The van der Waals surface area contributed by atoms with Crippen LogP contribution in [0.4, 0.5) is 5.13 Å². The molecule has 0 saturated heterocycles. The Morgan fingerprint density at radius 2 is 2.17 bits per heavy atom. The fourth-order valence-electron chi connectivity index (χ4n) is 1.82. The zero-order valence-electron chi connectivity index (χ0n) is 12.7. The highest BCUT2D eigenvalue weighted by Gasteiger charge is 2.17. The van der Waals surface area contributed by atoms with E-state index in [0.29, 0.717) is 6.42 Å². The van der Waals surface area contributed by atoms with E-state index >= 15 is 0 Å².